The van der Waals surface area contributed by atoms with Crippen LogP contribution in [0.15, 0.2) is 48.5 Å². The second kappa shape index (κ2) is 7.78. The molecule has 0 saturated carbocycles. The molecule has 0 aliphatic carbocycles. The number of para-hydroxylation sites is 1. The number of sulfonamides is 1. The first-order chi connectivity index (χ1) is 12.5. The standard InChI is InChI=1S/C19H22N2O4S/c1-2-26(23,24)21-12-6-7-15-10-11-16(13-18(15)21)20-19(22)14-25-17-8-4-3-5-9-17/h3-5,8-11,13H,2,6-7,12,14H2,1H3,(H,20,22). The van der Waals surface area contributed by atoms with Crippen LogP contribution >= 0.6 is 0 Å². The molecule has 1 N–H and O–H groups in total. The van der Waals surface area contributed by atoms with Gasteiger partial charge in [-0.25, -0.2) is 8.42 Å². The highest BCUT2D eigenvalue weighted by Gasteiger charge is 2.26. The average Bonchev–Trinajstić information content (AvgIpc) is 2.66. The lowest BCUT2D eigenvalue weighted by molar-refractivity contribution is -0.118. The average molecular weight is 374 g/mol. The molecule has 26 heavy (non-hydrogen) atoms. The Bertz CT molecular complexity index is 882. The number of nitrogens with one attached hydrogen (secondary N) is 1. The van der Waals surface area contributed by atoms with Crippen LogP contribution in [-0.2, 0) is 21.2 Å². The summed E-state index contributed by atoms with van der Waals surface area (Å²) >= 11 is 0. The van der Waals surface area contributed by atoms with E-state index in [1.807, 2.05) is 24.3 Å². The van der Waals surface area contributed by atoms with E-state index in [0.29, 0.717) is 23.7 Å². The normalized spacial score (nSPS) is 13.8. The number of carbonyl (C=O) groups is 1. The number of ether oxygens (including phenoxy) is 1. The van der Waals surface area contributed by atoms with E-state index < -0.39 is 10.0 Å². The van der Waals surface area contributed by atoms with Crippen molar-refractivity contribution in [3.05, 3.63) is 54.1 Å². The fourth-order valence-electron chi connectivity index (χ4n) is 2.93. The van der Waals surface area contributed by atoms with Gasteiger partial charge in [-0.1, -0.05) is 24.3 Å². The van der Waals surface area contributed by atoms with Crippen LogP contribution in [0.5, 0.6) is 5.75 Å². The molecule has 0 radical (unpaired) electrons. The van der Waals surface area contributed by atoms with Crippen molar-refractivity contribution in [2.45, 2.75) is 19.8 Å². The summed E-state index contributed by atoms with van der Waals surface area (Å²) in [6, 6.07) is 14.5. The van der Waals surface area contributed by atoms with E-state index in [4.69, 9.17) is 4.74 Å². The largest absolute Gasteiger partial charge is 0.484 e. The van der Waals surface area contributed by atoms with Crippen LogP contribution < -0.4 is 14.4 Å². The van der Waals surface area contributed by atoms with Crippen molar-refractivity contribution in [2.75, 3.05) is 28.5 Å². The van der Waals surface area contributed by atoms with Crippen LogP contribution in [0.3, 0.4) is 0 Å². The molecular formula is C19H22N2O4S. The summed E-state index contributed by atoms with van der Waals surface area (Å²) in [6.45, 7) is 1.99. The Morgan fingerprint density at radius 2 is 1.96 bits per heavy atom. The number of nitrogens with zero attached hydrogens (tertiary/aromatic N) is 1. The zero-order valence-electron chi connectivity index (χ0n) is 14.6. The first-order valence-corrected chi connectivity index (χ1v) is 10.2. The molecule has 0 unspecified atom stereocenters. The number of amides is 1. The van der Waals surface area contributed by atoms with Crippen molar-refractivity contribution in [1.29, 1.82) is 0 Å². The number of benzene rings is 2. The van der Waals surface area contributed by atoms with Gasteiger partial charge in [0.25, 0.3) is 5.91 Å². The smallest absolute Gasteiger partial charge is 0.262 e. The van der Waals surface area contributed by atoms with E-state index in [2.05, 4.69) is 5.32 Å². The van der Waals surface area contributed by atoms with E-state index in [1.165, 1.54) is 4.31 Å². The number of anilines is 2. The molecule has 0 fully saturated rings. The van der Waals surface area contributed by atoms with Crippen LogP contribution in [0.1, 0.15) is 18.9 Å². The SMILES string of the molecule is CCS(=O)(=O)N1CCCc2ccc(NC(=O)COc3ccccc3)cc21. The highest BCUT2D eigenvalue weighted by atomic mass is 32.2. The van der Waals surface area contributed by atoms with Gasteiger partial charge in [-0.15, -0.1) is 0 Å². The molecule has 0 spiro atoms. The Labute approximate surface area is 153 Å². The highest BCUT2D eigenvalue weighted by Crippen LogP contribution is 2.32. The van der Waals surface area contributed by atoms with Crippen molar-refractivity contribution >= 4 is 27.3 Å². The Hall–Kier alpha value is -2.54. The summed E-state index contributed by atoms with van der Waals surface area (Å²) in [6.07, 6.45) is 1.62. The summed E-state index contributed by atoms with van der Waals surface area (Å²) < 4.78 is 31.5. The van der Waals surface area contributed by atoms with Crippen LogP contribution in [0.2, 0.25) is 0 Å². The predicted octanol–water partition coefficient (Wildman–Crippen LogP) is 2.81. The molecule has 3 rings (SSSR count). The Morgan fingerprint density at radius 3 is 2.69 bits per heavy atom. The highest BCUT2D eigenvalue weighted by molar-refractivity contribution is 7.92. The number of aryl methyl sites for hydroxylation is 1. The number of hydrogen-bond donors (Lipinski definition) is 1. The fraction of sp³-hybridized carbons (Fsp3) is 0.316. The summed E-state index contributed by atoms with van der Waals surface area (Å²) in [5, 5.41) is 2.77. The lowest BCUT2D eigenvalue weighted by Crippen LogP contribution is -2.36. The fourth-order valence-corrected chi connectivity index (χ4v) is 4.11. The summed E-state index contributed by atoms with van der Waals surface area (Å²) in [5.41, 5.74) is 2.19. The molecule has 7 heteroatoms. The molecule has 6 nitrogen and oxygen atoms in total. The summed E-state index contributed by atoms with van der Waals surface area (Å²) in [4.78, 5) is 12.1. The van der Waals surface area contributed by atoms with Crippen LogP contribution in [0.4, 0.5) is 11.4 Å². The first kappa shape index (κ1) is 18.3. The van der Waals surface area contributed by atoms with Crippen LogP contribution in [0, 0.1) is 0 Å². The molecule has 1 aliphatic rings. The van der Waals surface area contributed by atoms with Gasteiger partial charge >= 0.3 is 0 Å². The van der Waals surface area contributed by atoms with Crippen LogP contribution in [-0.4, -0.2) is 33.2 Å². The first-order valence-electron chi connectivity index (χ1n) is 8.60. The van der Waals surface area contributed by atoms with E-state index in [9.17, 15) is 13.2 Å². The molecule has 0 aromatic heterocycles. The topological polar surface area (TPSA) is 75.7 Å². The van der Waals surface area contributed by atoms with Gasteiger partial charge in [0.15, 0.2) is 6.61 Å². The Morgan fingerprint density at radius 1 is 1.19 bits per heavy atom. The van der Waals surface area contributed by atoms with E-state index in [1.54, 1.807) is 31.2 Å². The van der Waals surface area contributed by atoms with Gasteiger partial charge in [-0.2, -0.15) is 0 Å². The third-order valence-electron chi connectivity index (χ3n) is 4.26. The third kappa shape index (κ3) is 4.16. The maximum Gasteiger partial charge on any atom is 0.262 e. The zero-order valence-corrected chi connectivity index (χ0v) is 15.5. The number of rotatable bonds is 6. The monoisotopic (exact) mass is 374 g/mol. The Kier molecular flexibility index (Phi) is 5.46. The van der Waals surface area contributed by atoms with Crippen LogP contribution in [0.25, 0.3) is 0 Å². The van der Waals surface area contributed by atoms with E-state index in [-0.39, 0.29) is 18.3 Å². The summed E-state index contributed by atoms with van der Waals surface area (Å²) in [7, 11) is -3.33. The molecule has 1 aliphatic heterocycles. The second-order valence-corrected chi connectivity index (χ2v) is 8.25. The maximum atomic E-state index is 12.3. The minimum atomic E-state index is -3.33. The van der Waals surface area contributed by atoms with Gasteiger partial charge in [0.05, 0.1) is 11.4 Å². The van der Waals surface area contributed by atoms with Crippen molar-refractivity contribution < 1.29 is 17.9 Å². The zero-order chi connectivity index (χ0) is 18.6. The van der Waals surface area contributed by atoms with Gasteiger partial charge in [-0.05, 0) is 49.6 Å². The minimum absolute atomic E-state index is 0.0495. The molecule has 0 bridgehead atoms. The predicted molar refractivity (Wildman–Crippen MR) is 102 cm³/mol. The molecular weight excluding hydrogens is 352 g/mol. The van der Waals surface area contributed by atoms with Gasteiger partial charge in [0.1, 0.15) is 5.75 Å². The van der Waals surface area contributed by atoms with Crippen molar-refractivity contribution in [3.8, 4) is 5.75 Å². The molecule has 0 saturated heterocycles. The third-order valence-corrected chi connectivity index (χ3v) is 6.04. The maximum absolute atomic E-state index is 12.3. The second-order valence-electron chi connectivity index (χ2n) is 6.07. The Balaban J connectivity index is 1.71. The molecule has 2 aromatic carbocycles. The molecule has 0 atom stereocenters. The quantitative estimate of drug-likeness (QED) is 0.844. The summed E-state index contributed by atoms with van der Waals surface area (Å²) in [5.74, 6) is 0.372. The van der Waals surface area contributed by atoms with E-state index >= 15 is 0 Å². The number of carbonyl (C=O) groups excluding carboxylic acids is 1. The van der Waals surface area contributed by atoms with Gasteiger partial charge < -0.3 is 10.1 Å². The molecule has 138 valence electrons. The van der Waals surface area contributed by atoms with Crippen molar-refractivity contribution in [2.24, 2.45) is 0 Å². The minimum Gasteiger partial charge on any atom is -0.484 e. The lowest BCUT2D eigenvalue weighted by Gasteiger charge is -2.30. The van der Waals surface area contributed by atoms with Gasteiger partial charge in [-0.3, -0.25) is 9.10 Å². The van der Waals surface area contributed by atoms with E-state index in [0.717, 1.165) is 18.4 Å². The molecule has 1 heterocycles. The van der Waals surface area contributed by atoms with Crippen molar-refractivity contribution in [3.63, 3.8) is 0 Å². The van der Waals surface area contributed by atoms with Gasteiger partial charge in [0, 0.05) is 12.2 Å². The molecule has 1 amide bonds. The number of hydrogen-bond acceptors (Lipinski definition) is 4. The van der Waals surface area contributed by atoms with Gasteiger partial charge in [0.2, 0.25) is 10.0 Å². The number of fused-ring (bicyclic) bond motifs is 1. The molecule has 2 aromatic rings. The van der Waals surface area contributed by atoms with Crippen molar-refractivity contribution in [1.82, 2.24) is 0 Å². The lowest BCUT2D eigenvalue weighted by atomic mass is 10.0.